The van der Waals surface area contributed by atoms with Crippen LogP contribution in [0.2, 0.25) is 0 Å². The van der Waals surface area contributed by atoms with Crippen molar-refractivity contribution in [3.63, 3.8) is 0 Å². The van der Waals surface area contributed by atoms with Crippen molar-refractivity contribution in [2.75, 3.05) is 32.7 Å². The number of nitrogens with zero attached hydrogens (tertiary/aromatic N) is 2. The Bertz CT molecular complexity index is 412. The van der Waals surface area contributed by atoms with Crippen molar-refractivity contribution in [3.8, 4) is 0 Å². The van der Waals surface area contributed by atoms with Crippen molar-refractivity contribution in [1.82, 2.24) is 15.5 Å². The molecule has 2 bridgehead atoms. The predicted octanol–water partition coefficient (Wildman–Crippen LogP) is 2.99. The van der Waals surface area contributed by atoms with Crippen LogP contribution in [0.15, 0.2) is 4.99 Å². The number of hydrogen-bond donors (Lipinski definition) is 2. The third-order valence-corrected chi connectivity index (χ3v) is 5.80. The Labute approximate surface area is 170 Å². The van der Waals surface area contributed by atoms with Gasteiger partial charge in [-0.1, -0.05) is 6.92 Å². The van der Waals surface area contributed by atoms with Crippen LogP contribution in [-0.4, -0.2) is 61.8 Å². The van der Waals surface area contributed by atoms with E-state index in [1.807, 2.05) is 0 Å². The lowest BCUT2D eigenvalue weighted by Gasteiger charge is -2.30. The molecule has 0 spiro atoms. The molecule has 0 aromatic heterocycles. The first-order valence-electron chi connectivity index (χ1n) is 10.2. The van der Waals surface area contributed by atoms with Crippen molar-refractivity contribution in [1.29, 1.82) is 0 Å². The van der Waals surface area contributed by atoms with Crippen LogP contribution in [-0.2, 0) is 4.74 Å². The van der Waals surface area contributed by atoms with Crippen LogP contribution in [0.4, 0.5) is 0 Å². The minimum Gasteiger partial charge on any atom is -0.373 e. The lowest BCUT2D eigenvalue weighted by molar-refractivity contribution is 0.0992. The minimum atomic E-state index is 0. The molecule has 146 valence electrons. The molecule has 0 amide bonds. The molecule has 6 heteroatoms. The average molecular weight is 464 g/mol. The van der Waals surface area contributed by atoms with Crippen molar-refractivity contribution in [3.05, 3.63) is 0 Å². The maximum atomic E-state index is 5.93. The number of fused-ring (bicyclic) bond motifs is 2. The third-order valence-electron chi connectivity index (χ3n) is 5.80. The van der Waals surface area contributed by atoms with Gasteiger partial charge in [-0.3, -0.25) is 4.99 Å². The number of ether oxygens (including phenoxy) is 1. The lowest BCUT2D eigenvalue weighted by atomic mass is 9.96. The maximum Gasteiger partial charge on any atom is 0.191 e. The number of piperidine rings is 1. The van der Waals surface area contributed by atoms with Gasteiger partial charge in [0, 0.05) is 13.1 Å². The molecular weight excluding hydrogens is 427 g/mol. The average Bonchev–Trinajstić information content (AvgIpc) is 3.19. The summed E-state index contributed by atoms with van der Waals surface area (Å²) < 4.78 is 5.93. The summed E-state index contributed by atoms with van der Waals surface area (Å²) in [6, 6.07) is 0.455. The first kappa shape index (κ1) is 21.2. The van der Waals surface area contributed by atoms with Crippen LogP contribution in [0, 0.1) is 5.92 Å². The van der Waals surface area contributed by atoms with Gasteiger partial charge in [-0.05, 0) is 77.4 Å². The Morgan fingerprint density at radius 3 is 2.60 bits per heavy atom. The molecule has 0 aromatic carbocycles. The van der Waals surface area contributed by atoms with Crippen LogP contribution in [0.25, 0.3) is 0 Å². The van der Waals surface area contributed by atoms with E-state index in [1.165, 1.54) is 58.2 Å². The van der Waals surface area contributed by atoms with Gasteiger partial charge in [0.05, 0.1) is 18.2 Å². The van der Waals surface area contributed by atoms with E-state index in [0.717, 1.165) is 31.4 Å². The largest absolute Gasteiger partial charge is 0.373 e. The van der Waals surface area contributed by atoms with Gasteiger partial charge in [-0.15, -0.1) is 24.0 Å². The van der Waals surface area contributed by atoms with Crippen molar-refractivity contribution < 1.29 is 4.74 Å². The number of likely N-dealkylation sites (tertiary alicyclic amines) is 1. The van der Waals surface area contributed by atoms with Gasteiger partial charge in [-0.25, -0.2) is 0 Å². The molecular formula is C19H37IN4O. The standard InChI is InChI=1S/C19H36N4O.HI/c1-3-20-19(22-17-14-16-6-7-18(17)24-16)21-10-4-5-11-23-12-8-15(2)9-13-23;/h15-18H,3-14H2,1-2H3,(H2,20,21,22);1H. The highest BCUT2D eigenvalue weighted by atomic mass is 127. The molecule has 3 fully saturated rings. The van der Waals surface area contributed by atoms with E-state index in [9.17, 15) is 0 Å². The van der Waals surface area contributed by atoms with Crippen LogP contribution >= 0.6 is 24.0 Å². The highest BCUT2D eigenvalue weighted by molar-refractivity contribution is 14.0. The van der Waals surface area contributed by atoms with E-state index in [2.05, 4.69) is 29.4 Å². The summed E-state index contributed by atoms with van der Waals surface area (Å²) in [6.45, 7) is 10.2. The molecule has 3 aliphatic rings. The molecule has 3 aliphatic heterocycles. The molecule has 5 nitrogen and oxygen atoms in total. The first-order valence-corrected chi connectivity index (χ1v) is 10.2. The summed E-state index contributed by atoms with van der Waals surface area (Å²) in [6.07, 6.45) is 9.66. The second-order valence-corrected chi connectivity index (χ2v) is 7.85. The Kier molecular flexibility index (Phi) is 9.27. The maximum absolute atomic E-state index is 5.93. The Hall–Kier alpha value is -0.0800. The van der Waals surface area contributed by atoms with Crippen molar-refractivity contribution in [2.24, 2.45) is 10.9 Å². The van der Waals surface area contributed by atoms with E-state index in [0.29, 0.717) is 18.2 Å². The third kappa shape index (κ3) is 6.54. The summed E-state index contributed by atoms with van der Waals surface area (Å²) in [4.78, 5) is 7.40. The SMILES string of the molecule is CCNC(=NCCCCN1CCC(C)CC1)NC1CC2CCC1O2.I. The Morgan fingerprint density at radius 2 is 1.96 bits per heavy atom. The number of hydrogen-bond acceptors (Lipinski definition) is 3. The molecule has 3 atom stereocenters. The second-order valence-electron chi connectivity index (χ2n) is 7.85. The number of unbranched alkanes of at least 4 members (excludes halogenated alkanes) is 1. The van der Waals surface area contributed by atoms with E-state index in [1.54, 1.807) is 0 Å². The number of aliphatic imine (C=N–C) groups is 1. The molecule has 3 saturated heterocycles. The summed E-state index contributed by atoms with van der Waals surface area (Å²) >= 11 is 0. The highest BCUT2D eigenvalue weighted by Gasteiger charge is 2.41. The van der Waals surface area contributed by atoms with Crippen LogP contribution in [0.5, 0.6) is 0 Å². The Balaban J connectivity index is 0.00000225. The van der Waals surface area contributed by atoms with Crippen LogP contribution in [0.1, 0.15) is 58.8 Å². The fraction of sp³-hybridized carbons (Fsp3) is 0.947. The quantitative estimate of drug-likeness (QED) is 0.263. The summed E-state index contributed by atoms with van der Waals surface area (Å²) in [5, 5.41) is 6.98. The lowest BCUT2D eigenvalue weighted by Crippen LogP contribution is -2.47. The number of rotatable bonds is 7. The van der Waals surface area contributed by atoms with Gasteiger partial charge < -0.3 is 20.3 Å². The number of nitrogens with one attached hydrogen (secondary N) is 2. The second kappa shape index (κ2) is 10.9. The fourth-order valence-electron chi connectivity index (χ4n) is 4.21. The number of halogens is 1. The van der Waals surface area contributed by atoms with Gasteiger partial charge >= 0.3 is 0 Å². The number of guanidine groups is 1. The zero-order valence-corrected chi connectivity index (χ0v) is 18.3. The van der Waals surface area contributed by atoms with E-state index >= 15 is 0 Å². The normalized spacial score (nSPS) is 30.3. The molecule has 2 N–H and O–H groups in total. The van der Waals surface area contributed by atoms with Gasteiger partial charge in [-0.2, -0.15) is 0 Å². The van der Waals surface area contributed by atoms with E-state index < -0.39 is 0 Å². The minimum absolute atomic E-state index is 0. The zero-order valence-electron chi connectivity index (χ0n) is 16.0. The topological polar surface area (TPSA) is 48.9 Å². The van der Waals surface area contributed by atoms with Gasteiger partial charge in [0.1, 0.15) is 0 Å². The molecule has 25 heavy (non-hydrogen) atoms. The highest BCUT2D eigenvalue weighted by Crippen LogP contribution is 2.34. The molecule has 0 aromatic rings. The molecule has 0 radical (unpaired) electrons. The zero-order chi connectivity index (χ0) is 16.8. The summed E-state index contributed by atoms with van der Waals surface area (Å²) in [5.41, 5.74) is 0. The van der Waals surface area contributed by atoms with Gasteiger partial charge in [0.15, 0.2) is 5.96 Å². The van der Waals surface area contributed by atoms with Gasteiger partial charge in [0.2, 0.25) is 0 Å². The van der Waals surface area contributed by atoms with Crippen LogP contribution < -0.4 is 10.6 Å². The summed E-state index contributed by atoms with van der Waals surface area (Å²) in [5.74, 6) is 1.90. The predicted molar refractivity (Wildman–Crippen MR) is 115 cm³/mol. The molecule has 0 aliphatic carbocycles. The molecule has 3 heterocycles. The molecule has 0 saturated carbocycles. The summed E-state index contributed by atoms with van der Waals surface area (Å²) in [7, 11) is 0. The van der Waals surface area contributed by atoms with Crippen molar-refractivity contribution in [2.45, 2.75) is 77.0 Å². The van der Waals surface area contributed by atoms with Crippen molar-refractivity contribution >= 4 is 29.9 Å². The first-order chi connectivity index (χ1) is 11.7. The van der Waals surface area contributed by atoms with Gasteiger partial charge in [0.25, 0.3) is 0 Å². The monoisotopic (exact) mass is 464 g/mol. The fourth-order valence-corrected chi connectivity index (χ4v) is 4.21. The van der Waals surface area contributed by atoms with Crippen LogP contribution in [0.3, 0.4) is 0 Å². The Morgan fingerprint density at radius 1 is 1.16 bits per heavy atom. The van der Waals surface area contributed by atoms with E-state index in [4.69, 9.17) is 9.73 Å². The van der Waals surface area contributed by atoms with E-state index in [-0.39, 0.29) is 24.0 Å². The molecule has 3 rings (SSSR count). The smallest absolute Gasteiger partial charge is 0.191 e. The molecule has 3 unspecified atom stereocenters.